The molecule has 5 heteroatoms. The fourth-order valence-corrected chi connectivity index (χ4v) is 2.44. The number of carbonyl (C=O) groups is 2. The van der Waals surface area contributed by atoms with Crippen molar-refractivity contribution in [2.24, 2.45) is 0 Å². The fraction of sp³-hybridized carbons (Fsp3) is 0.300. The zero-order chi connectivity index (χ0) is 18.1. The van der Waals surface area contributed by atoms with E-state index in [1.165, 1.54) is 0 Å². The third kappa shape index (κ3) is 6.67. The van der Waals surface area contributed by atoms with E-state index in [1.807, 2.05) is 61.5 Å². The van der Waals surface area contributed by atoms with Gasteiger partial charge in [-0.15, -0.1) is 0 Å². The summed E-state index contributed by atoms with van der Waals surface area (Å²) in [6, 6.07) is 16.0. The molecule has 0 aliphatic carbocycles. The van der Waals surface area contributed by atoms with E-state index in [0.717, 1.165) is 16.9 Å². The average molecular weight is 341 g/mol. The second-order valence-electron chi connectivity index (χ2n) is 5.92. The summed E-state index contributed by atoms with van der Waals surface area (Å²) in [6.07, 6.45) is 1.02. The third-order valence-electron chi connectivity index (χ3n) is 3.72. The van der Waals surface area contributed by atoms with Crippen LogP contribution in [0.25, 0.3) is 0 Å². The number of carbonyl (C=O) groups excluding carboxylic acids is 1. The van der Waals surface area contributed by atoms with E-state index < -0.39 is 12.0 Å². The van der Waals surface area contributed by atoms with Crippen molar-refractivity contribution >= 4 is 11.9 Å². The Kier molecular flexibility index (Phi) is 7.01. The zero-order valence-corrected chi connectivity index (χ0v) is 14.3. The van der Waals surface area contributed by atoms with Crippen LogP contribution >= 0.6 is 0 Å². The van der Waals surface area contributed by atoms with E-state index in [9.17, 15) is 14.7 Å². The van der Waals surface area contributed by atoms with E-state index in [1.54, 1.807) is 0 Å². The van der Waals surface area contributed by atoms with Gasteiger partial charge in [0.1, 0.15) is 11.8 Å². The standard InChI is InChI=1S/C20H23NO4/c1-15-7-5-10-17(13-15)25-12-6-11-19(22)21-18(20(23)24)14-16-8-3-2-4-9-16/h2-5,7-10,13,18H,6,11-12,14H2,1H3,(H,21,22)(H,23,24)/t18-/m0/s1. The van der Waals surface area contributed by atoms with Gasteiger partial charge in [0.15, 0.2) is 0 Å². The summed E-state index contributed by atoms with van der Waals surface area (Å²) in [5.74, 6) is -0.544. The van der Waals surface area contributed by atoms with Gasteiger partial charge < -0.3 is 15.2 Å². The van der Waals surface area contributed by atoms with Crippen LogP contribution in [0, 0.1) is 6.92 Å². The molecule has 2 aromatic carbocycles. The second kappa shape index (κ2) is 9.47. The number of hydrogen-bond acceptors (Lipinski definition) is 3. The molecular weight excluding hydrogens is 318 g/mol. The predicted octanol–water partition coefficient (Wildman–Crippen LogP) is 2.97. The van der Waals surface area contributed by atoms with Gasteiger partial charge in [-0.25, -0.2) is 4.79 Å². The molecule has 0 unspecified atom stereocenters. The molecule has 0 spiro atoms. The maximum atomic E-state index is 12.0. The minimum absolute atomic E-state index is 0.227. The van der Waals surface area contributed by atoms with Gasteiger partial charge in [-0.05, 0) is 36.6 Å². The summed E-state index contributed by atoms with van der Waals surface area (Å²) in [4.78, 5) is 23.3. The highest BCUT2D eigenvalue weighted by Crippen LogP contribution is 2.12. The number of carboxylic acid groups (broad SMARTS) is 1. The molecule has 0 bridgehead atoms. The van der Waals surface area contributed by atoms with Crippen LogP contribution < -0.4 is 10.1 Å². The number of nitrogens with one attached hydrogen (secondary N) is 1. The molecule has 5 nitrogen and oxygen atoms in total. The van der Waals surface area contributed by atoms with E-state index in [0.29, 0.717) is 13.0 Å². The van der Waals surface area contributed by atoms with Crippen LogP contribution in [0.15, 0.2) is 54.6 Å². The summed E-state index contributed by atoms with van der Waals surface area (Å²) < 4.78 is 5.59. The lowest BCUT2D eigenvalue weighted by Gasteiger charge is -2.15. The molecule has 132 valence electrons. The van der Waals surface area contributed by atoms with Crippen molar-refractivity contribution in [2.75, 3.05) is 6.61 Å². The topological polar surface area (TPSA) is 75.6 Å². The average Bonchev–Trinajstić information content (AvgIpc) is 2.59. The number of carboxylic acids is 1. The van der Waals surface area contributed by atoms with Gasteiger partial charge in [-0.3, -0.25) is 4.79 Å². The smallest absolute Gasteiger partial charge is 0.326 e. The van der Waals surface area contributed by atoms with Crippen molar-refractivity contribution < 1.29 is 19.4 Å². The van der Waals surface area contributed by atoms with Crippen molar-refractivity contribution in [1.82, 2.24) is 5.32 Å². The van der Waals surface area contributed by atoms with Crippen LogP contribution in [0.2, 0.25) is 0 Å². The summed E-state index contributed by atoms with van der Waals surface area (Å²) in [5.41, 5.74) is 1.98. The quantitative estimate of drug-likeness (QED) is 0.688. The molecule has 2 rings (SSSR count). The molecule has 0 fully saturated rings. The van der Waals surface area contributed by atoms with Crippen LogP contribution in [0.5, 0.6) is 5.75 Å². The minimum atomic E-state index is -1.03. The van der Waals surface area contributed by atoms with Crippen molar-refractivity contribution in [3.05, 3.63) is 65.7 Å². The largest absolute Gasteiger partial charge is 0.494 e. The fourth-order valence-electron chi connectivity index (χ4n) is 2.44. The van der Waals surface area contributed by atoms with Crippen LogP contribution in [0.4, 0.5) is 0 Å². The number of hydrogen-bond donors (Lipinski definition) is 2. The van der Waals surface area contributed by atoms with Crippen LogP contribution in [-0.4, -0.2) is 29.6 Å². The number of aliphatic carboxylic acids is 1. The van der Waals surface area contributed by atoms with Crippen LogP contribution in [-0.2, 0) is 16.0 Å². The number of benzene rings is 2. The Bertz CT molecular complexity index is 700. The first kappa shape index (κ1) is 18.5. The maximum Gasteiger partial charge on any atom is 0.326 e. The molecule has 25 heavy (non-hydrogen) atoms. The molecule has 1 atom stereocenters. The normalized spacial score (nSPS) is 11.6. The van der Waals surface area contributed by atoms with Gasteiger partial charge >= 0.3 is 5.97 Å². The Hall–Kier alpha value is -2.82. The Morgan fingerprint density at radius 1 is 1.12 bits per heavy atom. The lowest BCUT2D eigenvalue weighted by atomic mass is 10.1. The molecule has 0 aliphatic heterocycles. The van der Waals surface area contributed by atoms with E-state index in [-0.39, 0.29) is 18.7 Å². The number of ether oxygens (including phenoxy) is 1. The Balaban J connectivity index is 1.74. The van der Waals surface area contributed by atoms with Crippen molar-refractivity contribution in [3.63, 3.8) is 0 Å². The molecule has 0 aliphatic rings. The number of aryl methyl sites for hydroxylation is 1. The molecule has 0 aromatic heterocycles. The molecule has 2 aromatic rings. The van der Waals surface area contributed by atoms with Gasteiger partial charge in [0.05, 0.1) is 6.61 Å². The van der Waals surface area contributed by atoms with Crippen molar-refractivity contribution in [3.8, 4) is 5.75 Å². The lowest BCUT2D eigenvalue weighted by Crippen LogP contribution is -2.42. The first-order chi connectivity index (χ1) is 12.0. The predicted molar refractivity (Wildman–Crippen MR) is 95.6 cm³/mol. The Morgan fingerprint density at radius 3 is 2.56 bits per heavy atom. The highest BCUT2D eigenvalue weighted by molar-refractivity contribution is 5.83. The van der Waals surface area contributed by atoms with Gasteiger partial charge in [-0.1, -0.05) is 42.5 Å². The maximum absolute atomic E-state index is 12.0. The van der Waals surface area contributed by atoms with Crippen LogP contribution in [0.1, 0.15) is 24.0 Å². The molecule has 0 radical (unpaired) electrons. The summed E-state index contributed by atoms with van der Waals surface area (Å²) in [7, 11) is 0. The minimum Gasteiger partial charge on any atom is -0.494 e. The van der Waals surface area contributed by atoms with Gasteiger partial charge in [-0.2, -0.15) is 0 Å². The Labute approximate surface area is 147 Å². The highest BCUT2D eigenvalue weighted by atomic mass is 16.5. The van der Waals surface area contributed by atoms with Crippen LogP contribution in [0.3, 0.4) is 0 Å². The molecule has 0 saturated heterocycles. The zero-order valence-electron chi connectivity index (χ0n) is 14.3. The Morgan fingerprint density at radius 2 is 1.88 bits per heavy atom. The third-order valence-corrected chi connectivity index (χ3v) is 3.72. The number of amides is 1. The van der Waals surface area contributed by atoms with Gasteiger partial charge in [0.2, 0.25) is 5.91 Å². The van der Waals surface area contributed by atoms with Gasteiger partial charge in [0.25, 0.3) is 0 Å². The summed E-state index contributed by atoms with van der Waals surface area (Å²) in [6.45, 7) is 2.40. The first-order valence-corrected chi connectivity index (χ1v) is 8.30. The lowest BCUT2D eigenvalue weighted by molar-refractivity contribution is -0.141. The van der Waals surface area contributed by atoms with E-state index in [2.05, 4.69) is 5.32 Å². The second-order valence-corrected chi connectivity index (χ2v) is 5.92. The molecule has 2 N–H and O–H groups in total. The molecule has 0 heterocycles. The van der Waals surface area contributed by atoms with E-state index >= 15 is 0 Å². The van der Waals surface area contributed by atoms with E-state index in [4.69, 9.17) is 4.74 Å². The molecule has 1 amide bonds. The molecule has 0 saturated carbocycles. The first-order valence-electron chi connectivity index (χ1n) is 8.30. The monoisotopic (exact) mass is 341 g/mol. The van der Waals surface area contributed by atoms with Gasteiger partial charge in [0, 0.05) is 12.8 Å². The van der Waals surface area contributed by atoms with Crippen molar-refractivity contribution in [1.29, 1.82) is 0 Å². The SMILES string of the molecule is Cc1cccc(OCCCC(=O)N[C@@H](Cc2ccccc2)C(=O)O)c1. The molecular formula is C20H23NO4. The summed E-state index contributed by atoms with van der Waals surface area (Å²) in [5, 5.41) is 11.9. The van der Waals surface area contributed by atoms with Crippen molar-refractivity contribution in [2.45, 2.75) is 32.2 Å². The number of rotatable bonds is 9. The highest BCUT2D eigenvalue weighted by Gasteiger charge is 2.20. The summed E-state index contributed by atoms with van der Waals surface area (Å²) >= 11 is 0.